The van der Waals surface area contributed by atoms with Gasteiger partial charge in [-0.25, -0.2) is 0 Å². The Morgan fingerprint density at radius 2 is 1.93 bits per heavy atom. The Bertz CT molecular complexity index is 262. The van der Waals surface area contributed by atoms with Crippen LogP contribution in [0.5, 0.6) is 0 Å². The minimum Gasteiger partial charge on any atom is -0.394 e. The lowest BCUT2D eigenvalue weighted by atomic mass is 10.0. The Hall–Kier alpha value is -0.570. The Labute approximate surface area is 83.9 Å². The Balaban J connectivity index is 1.55. The fourth-order valence-corrected chi connectivity index (χ4v) is 2.77. The molecule has 0 aliphatic heterocycles. The summed E-state index contributed by atoms with van der Waals surface area (Å²) in [6.45, 7) is 0.109. The van der Waals surface area contributed by atoms with Crippen LogP contribution >= 0.6 is 0 Å². The van der Waals surface area contributed by atoms with Gasteiger partial charge in [0.25, 0.3) is 0 Å². The van der Waals surface area contributed by atoms with E-state index in [9.17, 15) is 4.79 Å². The van der Waals surface area contributed by atoms with E-state index < -0.39 is 0 Å². The van der Waals surface area contributed by atoms with Gasteiger partial charge in [-0.3, -0.25) is 4.79 Å². The van der Waals surface area contributed by atoms with Crippen LogP contribution < -0.4 is 5.32 Å². The number of hydrogen-bond donors (Lipinski definition) is 2. The van der Waals surface area contributed by atoms with E-state index in [2.05, 4.69) is 5.32 Å². The molecule has 0 aromatic carbocycles. The molecule has 0 aromatic heterocycles. The summed E-state index contributed by atoms with van der Waals surface area (Å²) in [5.74, 6) is 2.16. The van der Waals surface area contributed by atoms with Crippen molar-refractivity contribution in [3.8, 4) is 0 Å². The van der Waals surface area contributed by atoms with Crippen LogP contribution in [0.2, 0.25) is 0 Å². The maximum atomic E-state index is 11.8. The molecule has 0 saturated heterocycles. The molecule has 3 aliphatic carbocycles. The van der Waals surface area contributed by atoms with Gasteiger partial charge in [0.1, 0.15) is 0 Å². The maximum absolute atomic E-state index is 11.8. The fourth-order valence-electron chi connectivity index (χ4n) is 2.77. The number of amides is 1. The molecule has 14 heavy (non-hydrogen) atoms. The average Bonchev–Trinajstić information content (AvgIpc) is 3.08. The van der Waals surface area contributed by atoms with E-state index in [4.69, 9.17) is 5.11 Å². The van der Waals surface area contributed by atoms with Crippen molar-refractivity contribution in [2.75, 3.05) is 6.61 Å². The van der Waals surface area contributed by atoms with E-state index >= 15 is 0 Å². The lowest BCUT2D eigenvalue weighted by molar-refractivity contribution is -0.126. The summed E-state index contributed by atoms with van der Waals surface area (Å²) in [5.41, 5.74) is -0.218. The Kier molecular flexibility index (Phi) is 1.69. The van der Waals surface area contributed by atoms with Crippen LogP contribution in [0.3, 0.4) is 0 Å². The quantitative estimate of drug-likeness (QED) is 0.695. The minimum absolute atomic E-state index is 0.109. The molecular formula is C11H17NO2. The van der Waals surface area contributed by atoms with Crippen molar-refractivity contribution < 1.29 is 9.90 Å². The van der Waals surface area contributed by atoms with E-state index in [-0.39, 0.29) is 24.0 Å². The second kappa shape index (κ2) is 2.72. The molecule has 3 fully saturated rings. The third-order valence-electron chi connectivity index (χ3n) is 4.16. The second-order valence-electron chi connectivity index (χ2n) is 5.35. The highest BCUT2D eigenvalue weighted by Crippen LogP contribution is 2.54. The van der Waals surface area contributed by atoms with Gasteiger partial charge in [0.2, 0.25) is 5.91 Å². The number of carbonyl (C=O) groups excluding carboxylic acids is 1. The summed E-state index contributed by atoms with van der Waals surface area (Å²) < 4.78 is 0. The molecule has 3 nitrogen and oxygen atoms in total. The number of hydrogen-bond acceptors (Lipinski definition) is 2. The summed E-state index contributed by atoms with van der Waals surface area (Å²) in [6, 6.07) is 0. The van der Waals surface area contributed by atoms with Crippen LogP contribution in [-0.4, -0.2) is 23.2 Å². The third-order valence-corrected chi connectivity index (χ3v) is 4.16. The molecule has 3 saturated carbocycles. The van der Waals surface area contributed by atoms with Crippen molar-refractivity contribution in [1.29, 1.82) is 0 Å². The van der Waals surface area contributed by atoms with Crippen LogP contribution in [0.25, 0.3) is 0 Å². The topological polar surface area (TPSA) is 49.3 Å². The number of fused-ring (bicyclic) bond motifs is 1. The van der Waals surface area contributed by atoms with Crippen LogP contribution in [0.15, 0.2) is 0 Å². The average molecular weight is 195 g/mol. The molecule has 2 unspecified atom stereocenters. The summed E-state index contributed by atoms with van der Waals surface area (Å²) in [4.78, 5) is 11.8. The van der Waals surface area contributed by atoms with Gasteiger partial charge in [-0.05, 0) is 43.9 Å². The Morgan fingerprint density at radius 3 is 2.43 bits per heavy atom. The lowest BCUT2D eigenvalue weighted by Crippen LogP contribution is -2.42. The van der Waals surface area contributed by atoms with Crippen molar-refractivity contribution in [3.63, 3.8) is 0 Å². The van der Waals surface area contributed by atoms with Gasteiger partial charge in [0.05, 0.1) is 12.1 Å². The van der Waals surface area contributed by atoms with Crippen molar-refractivity contribution in [3.05, 3.63) is 0 Å². The minimum atomic E-state index is -0.218. The van der Waals surface area contributed by atoms with Crippen LogP contribution in [-0.2, 0) is 4.79 Å². The van der Waals surface area contributed by atoms with Crippen LogP contribution in [0, 0.1) is 17.8 Å². The Morgan fingerprint density at radius 1 is 1.29 bits per heavy atom. The molecular weight excluding hydrogens is 178 g/mol. The summed E-state index contributed by atoms with van der Waals surface area (Å²) in [5, 5.41) is 12.1. The normalized spacial score (nSPS) is 41.6. The molecule has 0 radical (unpaired) electrons. The van der Waals surface area contributed by atoms with Gasteiger partial charge in [0, 0.05) is 5.92 Å². The molecule has 78 valence electrons. The number of aliphatic hydroxyl groups is 1. The van der Waals surface area contributed by atoms with E-state index in [1.165, 1.54) is 6.42 Å². The molecule has 1 amide bonds. The van der Waals surface area contributed by atoms with Crippen molar-refractivity contribution in [1.82, 2.24) is 5.32 Å². The zero-order chi connectivity index (χ0) is 9.76. The maximum Gasteiger partial charge on any atom is 0.223 e. The molecule has 3 aliphatic rings. The smallest absolute Gasteiger partial charge is 0.223 e. The van der Waals surface area contributed by atoms with Gasteiger partial charge in [-0.15, -0.1) is 0 Å². The zero-order valence-electron chi connectivity index (χ0n) is 8.33. The zero-order valence-corrected chi connectivity index (χ0v) is 8.33. The highest BCUT2D eigenvalue weighted by Gasteiger charge is 2.50. The first-order valence-corrected chi connectivity index (χ1v) is 5.65. The van der Waals surface area contributed by atoms with Gasteiger partial charge in [0.15, 0.2) is 0 Å². The van der Waals surface area contributed by atoms with E-state index in [1.54, 1.807) is 0 Å². The molecule has 3 heteroatoms. The molecule has 2 atom stereocenters. The monoisotopic (exact) mass is 195 g/mol. The number of rotatable bonds is 3. The lowest BCUT2D eigenvalue weighted by Gasteiger charge is -2.18. The molecule has 0 aromatic rings. The summed E-state index contributed by atoms with van der Waals surface area (Å²) in [7, 11) is 0. The second-order valence-corrected chi connectivity index (χ2v) is 5.35. The third kappa shape index (κ3) is 1.34. The predicted molar refractivity (Wildman–Crippen MR) is 51.5 cm³/mol. The van der Waals surface area contributed by atoms with Crippen molar-refractivity contribution in [2.24, 2.45) is 17.8 Å². The van der Waals surface area contributed by atoms with E-state index in [1.807, 2.05) is 0 Å². The first-order chi connectivity index (χ1) is 6.72. The van der Waals surface area contributed by atoms with Crippen LogP contribution in [0.1, 0.15) is 32.1 Å². The van der Waals surface area contributed by atoms with Crippen molar-refractivity contribution in [2.45, 2.75) is 37.6 Å². The highest BCUT2D eigenvalue weighted by atomic mass is 16.3. The SMILES string of the molecule is O=C(NC1(CO)CC1)C1CC2CC2C1. The van der Waals surface area contributed by atoms with Gasteiger partial charge in [-0.2, -0.15) is 0 Å². The van der Waals surface area contributed by atoms with E-state index in [0.29, 0.717) is 0 Å². The molecule has 0 heterocycles. The first kappa shape index (κ1) is 8.72. The highest BCUT2D eigenvalue weighted by molar-refractivity contribution is 5.80. The fraction of sp³-hybridized carbons (Fsp3) is 0.909. The molecule has 3 rings (SSSR count). The largest absolute Gasteiger partial charge is 0.394 e. The van der Waals surface area contributed by atoms with Crippen LogP contribution in [0.4, 0.5) is 0 Å². The predicted octanol–water partition coefficient (Wildman–Crippen LogP) is 0.674. The number of aliphatic hydroxyl groups excluding tert-OH is 1. The molecule has 0 spiro atoms. The number of nitrogens with one attached hydrogen (secondary N) is 1. The first-order valence-electron chi connectivity index (χ1n) is 5.65. The van der Waals surface area contributed by atoms with Gasteiger partial charge in [-0.1, -0.05) is 0 Å². The standard InChI is InChI=1S/C11H17NO2/c13-6-11(1-2-11)12-10(14)9-4-7-3-8(7)5-9/h7-9,13H,1-6H2,(H,12,14). The van der Waals surface area contributed by atoms with Crippen molar-refractivity contribution >= 4 is 5.91 Å². The summed E-state index contributed by atoms with van der Waals surface area (Å²) in [6.07, 6.45) is 5.45. The molecule has 0 bridgehead atoms. The number of carbonyl (C=O) groups is 1. The van der Waals surface area contributed by atoms with Gasteiger partial charge < -0.3 is 10.4 Å². The van der Waals surface area contributed by atoms with Gasteiger partial charge >= 0.3 is 0 Å². The summed E-state index contributed by atoms with van der Waals surface area (Å²) >= 11 is 0. The van der Waals surface area contributed by atoms with E-state index in [0.717, 1.165) is 37.5 Å². The molecule has 2 N–H and O–H groups in total.